The summed E-state index contributed by atoms with van der Waals surface area (Å²) in [5.41, 5.74) is 1.73. The van der Waals surface area contributed by atoms with Crippen LogP contribution in [-0.4, -0.2) is 35.2 Å². The number of rotatable bonds is 6. The molecule has 0 amide bonds. The van der Waals surface area contributed by atoms with Crippen molar-refractivity contribution in [2.45, 2.75) is 44.2 Å². The first-order valence-electron chi connectivity index (χ1n) is 9.60. The summed E-state index contributed by atoms with van der Waals surface area (Å²) in [5, 5.41) is 9.19. The van der Waals surface area contributed by atoms with E-state index in [0.29, 0.717) is 12.5 Å². The number of halogens is 1. The molecule has 1 aliphatic heterocycles. The van der Waals surface area contributed by atoms with Crippen molar-refractivity contribution in [3.63, 3.8) is 0 Å². The quantitative estimate of drug-likeness (QED) is 0.818. The van der Waals surface area contributed by atoms with Crippen LogP contribution in [0.25, 0.3) is 0 Å². The third-order valence-corrected chi connectivity index (χ3v) is 5.45. The van der Waals surface area contributed by atoms with Gasteiger partial charge < -0.3 is 9.84 Å². The lowest BCUT2D eigenvalue weighted by Crippen LogP contribution is -2.38. The Morgan fingerprint density at radius 1 is 1.11 bits per heavy atom. The number of benzene rings is 2. The van der Waals surface area contributed by atoms with Crippen LogP contribution in [0.3, 0.4) is 0 Å². The van der Waals surface area contributed by atoms with E-state index in [1.165, 1.54) is 6.07 Å². The summed E-state index contributed by atoms with van der Waals surface area (Å²) in [7, 11) is 0. The van der Waals surface area contributed by atoms with Crippen LogP contribution in [0.5, 0.6) is 5.75 Å². The fraction of sp³-hybridized carbons (Fsp3) is 0.409. The summed E-state index contributed by atoms with van der Waals surface area (Å²) in [6, 6.07) is 12.8. The van der Waals surface area contributed by atoms with Gasteiger partial charge >= 0.3 is 5.97 Å². The Labute approximate surface area is 158 Å². The number of likely N-dealkylation sites (tertiary alicyclic amines) is 1. The molecule has 4 rings (SSSR count). The Bertz CT molecular complexity index is 812. The van der Waals surface area contributed by atoms with Crippen molar-refractivity contribution in [1.29, 1.82) is 0 Å². The minimum absolute atomic E-state index is 0.206. The van der Waals surface area contributed by atoms with E-state index in [1.807, 2.05) is 30.3 Å². The maximum atomic E-state index is 14.2. The molecule has 1 aliphatic carbocycles. The number of piperidine rings is 1. The number of hydrogen-bond acceptors (Lipinski definition) is 3. The van der Waals surface area contributed by atoms with Gasteiger partial charge in [-0.3, -0.25) is 4.90 Å². The third-order valence-electron chi connectivity index (χ3n) is 5.45. The van der Waals surface area contributed by atoms with Gasteiger partial charge in [0, 0.05) is 19.6 Å². The monoisotopic (exact) mass is 369 g/mol. The van der Waals surface area contributed by atoms with Crippen molar-refractivity contribution in [3.05, 3.63) is 65.0 Å². The summed E-state index contributed by atoms with van der Waals surface area (Å²) >= 11 is 0. The molecule has 4 nitrogen and oxygen atoms in total. The number of aromatic carboxylic acids is 1. The first kappa shape index (κ1) is 18.0. The molecule has 0 spiro atoms. The molecule has 0 bridgehead atoms. The molecule has 0 unspecified atom stereocenters. The van der Waals surface area contributed by atoms with Crippen LogP contribution in [0.4, 0.5) is 4.39 Å². The maximum Gasteiger partial charge on any atom is 0.338 e. The zero-order chi connectivity index (χ0) is 18.8. The molecule has 5 heteroatoms. The van der Waals surface area contributed by atoms with Gasteiger partial charge in [0.1, 0.15) is 17.7 Å². The fourth-order valence-corrected chi connectivity index (χ4v) is 3.82. The topological polar surface area (TPSA) is 49.8 Å². The number of hydrogen-bond donors (Lipinski definition) is 1. The second-order valence-corrected chi connectivity index (χ2v) is 7.52. The summed E-state index contributed by atoms with van der Waals surface area (Å²) in [6.07, 6.45) is 4.19. The average molecular weight is 369 g/mol. The molecular weight excluding hydrogens is 345 g/mol. The van der Waals surface area contributed by atoms with Gasteiger partial charge in [0.25, 0.3) is 0 Å². The van der Waals surface area contributed by atoms with Crippen molar-refractivity contribution in [3.8, 4) is 5.75 Å². The number of para-hydroxylation sites is 1. The van der Waals surface area contributed by atoms with Crippen molar-refractivity contribution < 1.29 is 19.0 Å². The lowest BCUT2D eigenvalue weighted by atomic mass is 9.98. The highest BCUT2D eigenvalue weighted by atomic mass is 19.1. The highest BCUT2D eigenvalue weighted by Crippen LogP contribution is 2.42. The van der Waals surface area contributed by atoms with Gasteiger partial charge in [0.2, 0.25) is 0 Å². The molecule has 2 aromatic rings. The van der Waals surface area contributed by atoms with E-state index in [4.69, 9.17) is 4.74 Å². The van der Waals surface area contributed by atoms with E-state index in [1.54, 1.807) is 6.07 Å². The van der Waals surface area contributed by atoms with E-state index < -0.39 is 11.8 Å². The average Bonchev–Trinajstić information content (AvgIpc) is 3.49. The number of ether oxygens (including phenoxy) is 1. The SMILES string of the molecule is O=C(O)c1cc(C2CC2)c(CN2CCC(Oc3ccccc3)CC2)cc1F. The first-order valence-corrected chi connectivity index (χ1v) is 9.60. The minimum Gasteiger partial charge on any atom is -0.490 e. The molecule has 1 heterocycles. The van der Waals surface area contributed by atoms with E-state index >= 15 is 0 Å². The Balaban J connectivity index is 1.40. The second kappa shape index (κ2) is 7.69. The predicted molar refractivity (Wildman–Crippen MR) is 101 cm³/mol. The summed E-state index contributed by atoms with van der Waals surface area (Å²) < 4.78 is 20.2. The molecule has 0 radical (unpaired) electrons. The highest BCUT2D eigenvalue weighted by Gasteiger charge is 2.29. The van der Waals surface area contributed by atoms with Gasteiger partial charge in [-0.05, 0) is 67.0 Å². The van der Waals surface area contributed by atoms with Crippen LogP contribution in [0, 0.1) is 5.82 Å². The van der Waals surface area contributed by atoms with Crippen molar-refractivity contribution in [2.75, 3.05) is 13.1 Å². The molecule has 1 saturated carbocycles. The standard InChI is InChI=1S/C22H24FNO3/c23-21-12-16(19(15-6-7-15)13-20(21)22(25)26)14-24-10-8-18(9-11-24)27-17-4-2-1-3-5-17/h1-5,12-13,15,18H,6-11,14H2,(H,25,26). The number of carboxylic acids is 1. The van der Waals surface area contributed by atoms with Crippen LogP contribution in [0.2, 0.25) is 0 Å². The maximum absolute atomic E-state index is 14.2. The molecule has 27 heavy (non-hydrogen) atoms. The van der Waals surface area contributed by atoms with Gasteiger partial charge in [0.15, 0.2) is 0 Å². The van der Waals surface area contributed by atoms with E-state index in [-0.39, 0.29) is 11.7 Å². The van der Waals surface area contributed by atoms with Crippen LogP contribution < -0.4 is 4.74 Å². The zero-order valence-electron chi connectivity index (χ0n) is 15.2. The highest BCUT2D eigenvalue weighted by molar-refractivity contribution is 5.88. The molecule has 2 aromatic carbocycles. The summed E-state index contributed by atoms with van der Waals surface area (Å²) in [5.74, 6) is -0.542. The zero-order valence-corrected chi connectivity index (χ0v) is 15.2. The van der Waals surface area contributed by atoms with Crippen LogP contribution in [-0.2, 0) is 6.54 Å². The van der Waals surface area contributed by atoms with E-state index in [9.17, 15) is 14.3 Å². The van der Waals surface area contributed by atoms with Crippen LogP contribution in [0.1, 0.15) is 53.1 Å². The molecule has 0 aromatic heterocycles. The summed E-state index contributed by atoms with van der Waals surface area (Å²) in [6.45, 7) is 2.45. The predicted octanol–water partition coefficient (Wildman–Crippen LogP) is 4.44. The smallest absolute Gasteiger partial charge is 0.338 e. The van der Waals surface area contributed by atoms with Crippen LogP contribution >= 0.6 is 0 Å². The van der Waals surface area contributed by atoms with Gasteiger partial charge in [-0.15, -0.1) is 0 Å². The van der Waals surface area contributed by atoms with Gasteiger partial charge in [0.05, 0.1) is 5.56 Å². The third kappa shape index (κ3) is 4.30. The van der Waals surface area contributed by atoms with Crippen molar-refractivity contribution in [2.24, 2.45) is 0 Å². The normalized spacial score (nSPS) is 18.4. The Morgan fingerprint density at radius 3 is 2.44 bits per heavy atom. The number of carbonyl (C=O) groups is 1. The second-order valence-electron chi connectivity index (χ2n) is 7.52. The minimum atomic E-state index is -1.19. The molecule has 1 saturated heterocycles. The Morgan fingerprint density at radius 2 is 1.81 bits per heavy atom. The summed E-state index contributed by atoms with van der Waals surface area (Å²) in [4.78, 5) is 13.6. The van der Waals surface area contributed by atoms with Crippen molar-refractivity contribution in [1.82, 2.24) is 4.90 Å². The lowest BCUT2D eigenvalue weighted by Gasteiger charge is -2.32. The largest absolute Gasteiger partial charge is 0.490 e. The van der Waals surface area contributed by atoms with Gasteiger partial charge in [-0.1, -0.05) is 18.2 Å². The van der Waals surface area contributed by atoms with Gasteiger partial charge in [-0.25, -0.2) is 9.18 Å². The first-order chi connectivity index (χ1) is 13.1. The molecule has 1 N–H and O–H groups in total. The fourth-order valence-electron chi connectivity index (χ4n) is 3.82. The Kier molecular flexibility index (Phi) is 5.12. The Hall–Kier alpha value is -2.40. The van der Waals surface area contributed by atoms with Gasteiger partial charge in [-0.2, -0.15) is 0 Å². The molecular formula is C22H24FNO3. The van der Waals surface area contributed by atoms with Crippen LogP contribution in [0.15, 0.2) is 42.5 Å². The number of nitrogens with zero attached hydrogens (tertiary/aromatic N) is 1. The molecule has 2 fully saturated rings. The lowest BCUT2D eigenvalue weighted by molar-refractivity contribution is 0.0691. The van der Waals surface area contributed by atoms with Crippen molar-refractivity contribution >= 4 is 5.97 Å². The van der Waals surface area contributed by atoms with E-state index in [2.05, 4.69) is 4.90 Å². The molecule has 142 valence electrons. The molecule has 2 aliphatic rings. The number of carboxylic acid groups (broad SMARTS) is 1. The van der Waals surface area contributed by atoms with E-state index in [0.717, 1.165) is 55.6 Å². The molecule has 0 atom stereocenters.